The van der Waals surface area contributed by atoms with Gasteiger partial charge in [0, 0.05) is 35.3 Å². The molecule has 2 N–H and O–H groups in total. The van der Waals surface area contributed by atoms with E-state index in [9.17, 15) is 9.59 Å². The van der Waals surface area contributed by atoms with E-state index < -0.39 is 0 Å². The van der Waals surface area contributed by atoms with E-state index in [2.05, 4.69) is 25.7 Å². The van der Waals surface area contributed by atoms with Crippen molar-refractivity contribution in [3.63, 3.8) is 0 Å². The Hall–Kier alpha value is -4.37. The third kappa shape index (κ3) is 4.21. The second kappa shape index (κ2) is 8.64. The van der Waals surface area contributed by atoms with Crippen LogP contribution >= 0.6 is 11.3 Å². The number of hydrogen-bond donors (Lipinski definition) is 2. The van der Waals surface area contributed by atoms with Gasteiger partial charge in [-0.05, 0) is 18.2 Å². The van der Waals surface area contributed by atoms with Crippen LogP contribution in [0.2, 0.25) is 0 Å². The fourth-order valence-corrected chi connectivity index (χ4v) is 4.15. The number of thiazole rings is 1. The number of carbonyl (C=O) groups is 2. The molecule has 2 amide bonds. The van der Waals surface area contributed by atoms with Crippen molar-refractivity contribution in [3.8, 4) is 22.5 Å². The molecule has 0 aliphatic rings. The number of aromatic nitrogens is 4. The summed E-state index contributed by atoms with van der Waals surface area (Å²) < 4.78 is 1.66. The van der Waals surface area contributed by atoms with Gasteiger partial charge < -0.3 is 5.32 Å². The Balaban J connectivity index is 1.37. The highest BCUT2D eigenvalue weighted by molar-refractivity contribution is 7.14. The summed E-state index contributed by atoms with van der Waals surface area (Å²) >= 11 is 1.33. The van der Waals surface area contributed by atoms with Crippen molar-refractivity contribution in [1.29, 1.82) is 0 Å². The molecule has 0 fully saturated rings. The SMILES string of the molecule is CC(=O)Nc1ccc(-c2csc(NC(=O)c3cnn4c(-c5ccccc5)ccnc34)n2)cc1. The predicted molar refractivity (Wildman–Crippen MR) is 128 cm³/mol. The summed E-state index contributed by atoms with van der Waals surface area (Å²) in [7, 11) is 0. The Bertz CT molecular complexity index is 1460. The molecule has 0 radical (unpaired) electrons. The molecule has 9 heteroatoms. The summed E-state index contributed by atoms with van der Waals surface area (Å²) in [6, 6.07) is 19.0. The standard InChI is InChI=1S/C24H18N6O2S/c1-15(31)27-18-9-7-16(8-10-18)20-14-33-24(28-20)29-23(32)19-13-26-30-21(11-12-25-22(19)30)17-5-3-2-4-6-17/h2-14H,1H3,(H,27,31)(H,28,29,32). The maximum absolute atomic E-state index is 13.0. The zero-order valence-corrected chi connectivity index (χ0v) is 18.3. The zero-order chi connectivity index (χ0) is 22.8. The molecule has 2 aromatic carbocycles. The van der Waals surface area contributed by atoms with Gasteiger partial charge in [0.05, 0.1) is 17.6 Å². The van der Waals surface area contributed by atoms with Crippen LogP contribution in [0.1, 0.15) is 17.3 Å². The molecule has 0 saturated carbocycles. The predicted octanol–water partition coefficient (Wildman–Crippen LogP) is 4.73. The van der Waals surface area contributed by atoms with Crippen molar-refractivity contribution in [1.82, 2.24) is 19.6 Å². The summed E-state index contributed by atoms with van der Waals surface area (Å²) in [4.78, 5) is 33.0. The van der Waals surface area contributed by atoms with Crippen LogP contribution in [0.15, 0.2) is 78.4 Å². The Morgan fingerprint density at radius 3 is 2.48 bits per heavy atom. The van der Waals surface area contributed by atoms with Crippen LogP contribution in [0.3, 0.4) is 0 Å². The molecule has 8 nitrogen and oxygen atoms in total. The number of amides is 2. The minimum Gasteiger partial charge on any atom is -0.326 e. The molecular formula is C24H18N6O2S. The Labute approximate surface area is 193 Å². The largest absolute Gasteiger partial charge is 0.326 e. The van der Waals surface area contributed by atoms with Crippen molar-refractivity contribution >= 4 is 39.6 Å². The number of rotatable bonds is 5. The summed E-state index contributed by atoms with van der Waals surface area (Å²) in [5, 5.41) is 12.3. The molecule has 5 aromatic rings. The molecule has 3 aromatic heterocycles. The highest BCUT2D eigenvalue weighted by Crippen LogP contribution is 2.27. The molecule has 0 bridgehead atoms. The first-order valence-corrected chi connectivity index (χ1v) is 11.0. The Morgan fingerprint density at radius 2 is 1.73 bits per heavy atom. The maximum Gasteiger partial charge on any atom is 0.262 e. The third-order valence-electron chi connectivity index (χ3n) is 4.94. The Morgan fingerprint density at radius 1 is 0.939 bits per heavy atom. The quantitative estimate of drug-likeness (QED) is 0.400. The first-order valence-electron chi connectivity index (χ1n) is 10.1. The van der Waals surface area contributed by atoms with Gasteiger partial charge in [-0.25, -0.2) is 14.5 Å². The van der Waals surface area contributed by atoms with Gasteiger partial charge in [0.2, 0.25) is 5.91 Å². The number of nitrogens with zero attached hydrogens (tertiary/aromatic N) is 4. The molecule has 3 heterocycles. The number of fused-ring (bicyclic) bond motifs is 1. The van der Waals surface area contributed by atoms with Crippen LogP contribution in [0.25, 0.3) is 28.2 Å². The van der Waals surface area contributed by atoms with Crippen LogP contribution < -0.4 is 10.6 Å². The molecule has 0 aliphatic carbocycles. The van der Waals surface area contributed by atoms with E-state index in [0.29, 0.717) is 22.0 Å². The van der Waals surface area contributed by atoms with Crippen molar-refractivity contribution in [2.75, 3.05) is 10.6 Å². The average Bonchev–Trinajstić information content (AvgIpc) is 3.47. The zero-order valence-electron chi connectivity index (χ0n) is 17.5. The van der Waals surface area contributed by atoms with E-state index in [4.69, 9.17) is 0 Å². The normalized spacial score (nSPS) is 10.8. The van der Waals surface area contributed by atoms with Gasteiger partial charge >= 0.3 is 0 Å². The number of benzene rings is 2. The van der Waals surface area contributed by atoms with Crippen molar-refractivity contribution in [3.05, 3.63) is 84.0 Å². The van der Waals surface area contributed by atoms with Crippen LogP contribution in [0, 0.1) is 0 Å². The minimum absolute atomic E-state index is 0.125. The molecule has 162 valence electrons. The van der Waals surface area contributed by atoms with Gasteiger partial charge in [-0.15, -0.1) is 11.3 Å². The highest BCUT2D eigenvalue weighted by atomic mass is 32.1. The lowest BCUT2D eigenvalue weighted by atomic mass is 10.1. The molecule has 0 unspecified atom stereocenters. The molecule has 5 rings (SSSR count). The molecular weight excluding hydrogens is 436 g/mol. The van der Waals surface area contributed by atoms with E-state index in [1.807, 2.05) is 66.0 Å². The number of carbonyl (C=O) groups excluding carboxylic acids is 2. The smallest absolute Gasteiger partial charge is 0.262 e. The van der Waals surface area contributed by atoms with E-state index in [-0.39, 0.29) is 11.8 Å². The lowest BCUT2D eigenvalue weighted by molar-refractivity contribution is -0.114. The number of nitrogens with one attached hydrogen (secondary N) is 2. The topological polar surface area (TPSA) is 101 Å². The van der Waals surface area contributed by atoms with Crippen LogP contribution in [-0.4, -0.2) is 31.4 Å². The lowest BCUT2D eigenvalue weighted by Crippen LogP contribution is -2.12. The number of hydrogen-bond acceptors (Lipinski definition) is 6. The molecule has 0 saturated heterocycles. The van der Waals surface area contributed by atoms with Gasteiger partial charge in [0.25, 0.3) is 5.91 Å². The first-order chi connectivity index (χ1) is 16.1. The van der Waals surface area contributed by atoms with Crippen LogP contribution in [-0.2, 0) is 4.79 Å². The van der Waals surface area contributed by atoms with Crippen molar-refractivity contribution in [2.24, 2.45) is 0 Å². The third-order valence-corrected chi connectivity index (χ3v) is 5.70. The van der Waals surface area contributed by atoms with E-state index in [0.717, 1.165) is 22.5 Å². The van der Waals surface area contributed by atoms with Gasteiger partial charge in [-0.2, -0.15) is 5.10 Å². The molecule has 0 aliphatic heterocycles. The lowest BCUT2D eigenvalue weighted by Gasteiger charge is -2.05. The van der Waals surface area contributed by atoms with Crippen molar-refractivity contribution in [2.45, 2.75) is 6.92 Å². The van der Waals surface area contributed by atoms with Crippen molar-refractivity contribution < 1.29 is 9.59 Å². The fraction of sp³-hybridized carbons (Fsp3) is 0.0417. The first kappa shape index (κ1) is 20.5. The summed E-state index contributed by atoms with van der Waals surface area (Å²) in [6.45, 7) is 1.46. The summed E-state index contributed by atoms with van der Waals surface area (Å²) in [5.41, 5.74) is 4.99. The minimum atomic E-state index is -0.329. The van der Waals surface area contributed by atoms with Gasteiger partial charge in [0.1, 0.15) is 5.56 Å². The summed E-state index contributed by atoms with van der Waals surface area (Å²) in [6.07, 6.45) is 3.18. The Kier molecular flexibility index (Phi) is 5.37. The highest BCUT2D eigenvalue weighted by Gasteiger charge is 2.17. The van der Waals surface area contributed by atoms with Gasteiger partial charge in [0.15, 0.2) is 10.8 Å². The maximum atomic E-state index is 13.0. The average molecular weight is 455 g/mol. The second-order valence-corrected chi connectivity index (χ2v) is 8.10. The van der Waals surface area contributed by atoms with E-state index >= 15 is 0 Å². The monoisotopic (exact) mass is 454 g/mol. The van der Waals surface area contributed by atoms with Gasteiger partial charge in [-0.1, -0.05) is 42.5 Å². The number of anilines is 2. The molecule has 0 atom stereocenters. The van der Waals surface area contributed by atoms with Crippen LogP contribution in [0.4, 0.5) is 10.8 Å². The van der Waals surface area contributed by atoms with E-state index in [1.54, 1.807) is 10.7 Å². The van der Waals surface area contributed by atoms with Crippen LogP contribution in [0.5, 0.6) is 0 Å². The second-order valence-electron chi connectivity index (χ2n) is 7.24. The summed E-state index contributed by atoms with van der Waals surface area (Å²) in [5.74, 6) is -0.455. The molecule has 33 heavy (non-hydrogen) atoms. The van der Waals surface area contributed by atoms with E-state index in [1.165, 1.54) is 24.5 Å². The molecule has 0 spiro atoms. The fourth-order valence-electron chi connectivity index (χ4n) is 3.43. The van der Waals surface area contributed by atoms with Gasteiger partial charge in [-0.3, -0.25) is 14.9 Å².